The van der Waals surface area contributed by atoms with Crippen LogP contribution in [0.3, 0.4) is 0 Å². The second kappa shape index (κ2) is 5.89. The van der Waals surface area contributed by atoms with Crippen LogP contribution in [0, 0.1) is 17.1 Å². The third kappa shape index (κ3) is 3.12. The number of hydrogen-bond acceptors (Lipinski definition) is 3. The Balaban J connectivity index is 1.96. The number of benzene rings is 1. The van der Waals surface area contributed by atoms with Crippen molar-refractivity contribution in [3.05, 3.63) is 65.2 Å². The lowest BCUT2D eigenvalue weighted by Gasteiger charge is -2.06. The molecule has 4 heteroatoms. The van der Waals surface area contributed by atoms with Gasteiger partial charge in [-0.15, -0.1) is 0 Å². The SMILES string of the molecule is N#Cc1ccc(F)c(CNCc2ccncc2)c1. The minimum atomic E-state index is -0.295. The van der Waals surface area contributed by atoms with Gasteiger partial charge in [-0.25, -0.2) is 4.39 Å². The van der Waals surface area contributed by atoms with Gasteiger partial charge in [-0.1, -0.05) is 0 Å². The van der Waals surface area contributed by atoms with E-state index in [1.54, 1.807) is 18.5 Å². The average Bonchev–Trinajstić information content (AvgIpc) is 2.42. The Bertz CT molecular complexity index is 561. The van der Waals surface area contributed by atoms with Crippen molar-refractivity contribution in [2.24, 2.45) is 0 Å². The lowest BCUT2D eigenvalue weighted by atomic mass is 10.1. The lowest BCUT2D eigenvalue weighted by molar-refractivity contribution is 0.587. The van der Waals surface area contributed by atoms with E-state index in [1.807, 2.05) is 18.2 Å². The minimum Gasteiger partial charge on any atom is -0.309 e. The molecule has 0 atom stereocenters. The zero-order chi connectivity index (χ0) is 12.8. The first-order chi connectivity index (χ1) is 8.79. The first-order valence-corrected chi connectivity index (χ1v) is 5.58. The fourth-order valence-corrected chi connectivity index (χ4v) is 1.62. The summed E-state index contributed by atoms with van der Waals surface area (Å²) >= 11 is 0. The van der Waals surface area contributed by atoms with E-state index in [-0.39, 0.29) is 5.82 Å². The van der Waals surface area contributed by atoms with E-state index in [2.05, 4.69) is 10.3 Å². The maximum atomic E-state index is 13.5. The van der Waals surface area contributed by atoms with Gasteiger partial charge < -0.3 is 5.32 Å². The largest absolute Gasteiger partial charge is 0.309 e. The van der Waals surface area contributed by atoms with E-state index >= 15 is 0 Å². The first kappa shape index (κ1) is 12.2. The van der Waals surface area contributed by atoms with E-state index in [4.69, 9.17) is 5.26 Å². The smallest absolute Gasteiger partial charge is 0.127 e. The number of aromatic nitrogens is 1. The Hall–Kier alpha value is -2.25. The van der Waals surface area contributed by atoms with Crippen molar-refractivity contribution in [3.63, 3.8) is 0 Å². The van der Waals surface area contributed by atoms with Gasteiger partial charge in [0, 0.05) is 31.0 Å². The molecule has 0 aliphatic carbocycles. The summed E-state index contributed by atoms with van der Waals surface area (Å²) in [5, 5.41) is 11.9. The second-order valence-electron chi connectivity index (χ2n) is 3.88. The Morgan fingerprint density at radius 2 is 1.94 bits per heavy atom. The summed E-state index contributed by atoms with van der Waals surface area (Å²) in [4.78, 5) is 3.92. The van der Waals surface area contributed by atoms with Gasteiger partial charge in [-0.05, 0) is 35.9 Å². The summed E-state index contributed by atoms with van der Waals surface area (Å²) in [7, 11) is 0. The number of rotatable bonds is 4. The molecule has 2 aromatic rings. The van der Waals surface area contributed by atoms with E-state index in [1.165, 1.54) is 12.1 Å². The van der Waals surface area contributed by atoms with Crippen molar-refractivity contribution in [1.82, 2.24) is 10.3 Å². The molecule has 0 bridgehead atoms. The standard InChI is InChI=1S/C14H12FN3/c15-14-2-1-12(8-16)7-13(14)10-18-9-11-3-5-17-6-4-11/h1-7,18H,9-10H2. The normalized spacial score (nSPS) is 10.0. The number of halogens is 1. The predicted molar refractivity (Wildman–Crippen MR) is 65.9 cm³/mol. The molecule has 1 N–H and O–H groups in total. The second-order valence-corrected chi connectivity index (χ2v) is 3.88. The molecule has 90 valence electrons. The Kier molecular flexibility index (Phi) is 4.00. The molecule has 0 fully saturated rings. The van der Waals surface area contributed by atoms with Crippen molar-refractivity contribution in [2.75, 3.05) is 0 Å². The predicted octanol–water partition coefficient (Wildman–Crippen LogP) is 2.38. The topological polar surface area (TPSA) is 48.7 Å². The highest BCUT2D eigenvalue weighted by atomic mass is 19.1. The fraction of sp³-hybridized carbons (Fsp3) is 0.143. The van der Waals surface area contributed by atoms with Crippen LogP contribution in [0.25, 0.3) is 0 Å². The van der Waals surface area contributed by atoms with Gasteiger partial charge in [0.2, 0.25) is 0 Å². The molecule has 0 saturated carbocycles. The number of hydrogen-bond donors (Lipinski definition) is 1. The van der Waals surface area contributed by atoms with Gasteiger partial charge in [0.1, 0.15) is 5.82 Å². The molecule has 2 rings (SSSR count). The van der Waals surface area contributed by atoms with Gasteiger partial charge in [0.25, 0.3) is 0 Å². The summed E-state index contributed by atoms with van der Waals surface area (Å²) in [6, 6.07) is 10.2. The van der Waals surface area contributed by atoms with Crippen molar-refractivity contribution in [2.45, 2.75) is 13.1 Å². The molecule has 0 saturated heterocycles. The van der Waals surface area contributed by atoms with Crippen LogP contribution >= 0.6 is 0 Å². The van der Waals surface area contributed by atoms with E-state index in [0.717, 1.165) is 5.56 Å². The van der Waals surface area contributed by atoms with Crippen LogP contribution in [-0.4, -0.2) is 4.98 Å². The average molecular weight is 241 g/mol. The molecule has 3 nitrogen and oxygen atoms in total. The number of nitrogens with one attached hydrogen (secondary N) is 1. The molecule has 0 aliphatic heterocycles. The Labute approximate surface area is 105 Å². The summed E-state index contributed by atoms with van der Waals surface area (Å²) in [6.07, 6.45) is 3.43. The maximum absolute atomic E-state index is 13.5. The first-order valence-electron chi connectivity index (χ1n) is 5.58. The number of pyridine rings is 1. The molecule has 0 spiro atoms. The highest BCUT2D eigenvalue weighted by molar-refractivity contribution is 5.33. The van der Waals surface area contributed by atoms with Crippen LogP contribution in [0.2, 0.25) is 0 Å². The van der Waals surface area contributed by atoms with Crippen LogP contribution in [0.5, 0.6) is 0 Å². The van der Waals surface area contributed by atoms with Crippen LogP contribution in [0.4, 0.5) is 4.39 Å². The molecule has 18 heavy (non-hydrogen) atoms. The maximum Gasteiger partial charge on any atom is 0.127 e. The molecule has 1 heterocycles. The fourth-order valence-electron chi connectivity index (χ4n) is 1.62. The van der Waals surface area contributed by atoms with Gasteiger partial charge in [-0.2, -0.15) is 5.26 Å². The van der Waals surface area contributed by atoms with Crippen molar-refractivity contribution in [3.8, 4) is 6.07 Å². The van der Waals surface area contributed by atoms with Crippen LogP contribution < -0.4 is 5.32 Å². The number of nitrogens with zero attached hydrogens (tertiary/aromatic N) is 2. The molecule has 0 amide bonds. The van der Waals surface area contributed by atoms with Gasteiger partial charge in [-0.3, -0.25) is 4.98 Å². The van der Waals surface area contributed by atoms with E-state index in [0.29, 0.717) is 24.2 Å². The Morgan fingerprint density at radius 1 is 1.17 bits per heavy atom. The van der Waals surface area contributed by atoms with Crippen molar-refractivity contribution >= 4 is 0 Å². The highest BCUT2D eigenvalue weighted by Gasteiger charge is 2.03. The number of nitriles is 1. The molecule has 1 aromatic heterocycles. The van der Waals surface area contributed by atoms with Crippen LogP contribution in [0.15, 0.2) is 42.7 Å². The summed E-state index contributed by atoms with van der Waals surface area (Å²) in [5.41, 5.74) is 2.06. The van der Waals surface area contributed by atoms with Crippen LogP contribution in [0.1, 0.15) is 16.7 Å². The summed E-state index contributed by atoms with van der Waals surface area (Å²) < 4.78 is 13.5. The molecule has 0 radical (unpaired) electrons. The molecular formula is C14H12FN3. The highest BCUT2D eigenvalue weighted by Crippen LogP contribution is 2.10. The third-order valence-corrected chi connectivity index (χ3v) is 2.57. The van der Waals surface area contributed by atoms with E-state index in [9.17, 15) is 4.39 Å². The molecule has 0 aliphatic rings. The van der Waals surface area contributed by atoms with Gasteiger partial charge in [0.15, 0.2) is 0 Å². The Morgan fingerprint density at radius 3 is 2.67 bits per heavy atom. The van der Waals surface area contributed by atoms with E-state index < -0.39 is 0 Å². The van der Waals surface area contributed by atoms with Crippen molar-refractivity contribution in [1.29, 1.82) is 5.26 Å². The lowest BCUT2D eigenvalue weighted by Crippen LogP contribution is -2.13. The van der Waals surface area contributed by atoms with Crippen LogP contribution in [-0.2, 0) is 13.1 Å². The molecule has 0 unspecified atom stereocenters. The minimum absolute atomic E-state index is 0.295. The van der Waals surface area contributed by atoms with Crippen molar-refractivity contribution < 1.29 is 4.39 Å². The molecule has 1 aromatic carbocycles. The third-order valence-electron chi connectivity index (χ3n) is 2.57. The monoisotopic (exact) mass is 241 g/mol. The van der Waals surface area contributed by atoms with Gasteiger partial charge >= 0.3 is 0 Å². The summed E-state index contributed by atoms with van der Waals surface area (Å²) in [5.74, 6) is -0.295. The summed E-state index contributed by atoms with van der Waals surface area (Å²) in [6.45, 7) is 1.03. The zero-order valence-electron chi connectivity index (χ0n) is 9.73. The van der Waals surface area contributed by atoms with Gasteiger partial charge in [0.05, 0.1) is 11.6 Å². The molecular weight excluding hydrogens is 229 g/mol. The zero-order valence-corrected chi connectivity index (χ0v) is 9.73. The quantitative estimate of drug-likeness (QED) is 0.894.